The van der Waals surface area contributed by atoms with Crippen molar-refractivity contribution in [2.75, 3.05) is 38.2 Å². The fourth-order valence-electron chi connectivity index (χ4n) is 3.96. The van der Waals surface area contributed by atoms with Crippen molar-refractivity contribution >= 4 is 41.7 Å². The number of guanidine groups is 1. The van der Waals surface area contributed by atoms with Gasteiger partial charge in [-0.25, -0.2) is 4.98 Å². The molecule has 0 amide bonds. The zero-order valence-corrected chi connectivity index (χ0v) is 19.1. The molecule has 0 atom stereocenters. The van der Waals surface area contributed by atoms with Gasteiger partial charge in [0.2, 0.25) is 0 Å². The summed E-state index contributed by atoms with van der Waals surface area (Å²) in [5.41, 5.74) is 0.293. The van der Waals surface area contributed by atoms with Crippen molar-refractivity contribution in [2.45, 2.75) is 44.2 Å². The third-order valence-electron chi connectivity index (χ3n) is 5.49. The summed E-state index contributed by atoms with van der Waals surface area (Å²) in [6.07, 6.45) is 8.24. The molecule has 2 N–H and O–H groups in total. The first-order chi connectivity index (χ1) is 12.2. The Bertz CT molecular complexity index is 565. The first-order valence-electron chi connectivity index (χ1n) is 9.34. The van der Waals surface area contributed by atoms with Gasteiger partial charge in [0.25, 0.3) is 0 Å². The van der Waals surface area contributed by atoms with Crippen molar-refractivity contribution in [3.63, 3.8) is 0 Å². The van der Waals surface area contributed by atoms with Gasteiger partial charge in [-0.15, -0.1) is 24.0 Å². The van der Waals surface area contributed by atoms with Gasteiger partial charge in [0.05, 0.1) is 6.54 Å². The van der Waals surface area contributed by atoms with Gasteiger partial charge < -0.3 is 10.6 Å². The summed E-state index contributed by atoms with van der Waals surface area (Å²) in [7, 11) is 3.74. The van der Waals surface area contributed by atoms with Crippen LogP contribution in [-0.2, 0) is 13.6 Å². The molecule has 0 bridgehead atoms. The van der Waals surface area contributed by atoms with Crippen LogP contribution in [0, 0.1) is 0 Å². The normalized spacial score (nSPS) is 21.1. The van der Waals surface area contributed by atoms with E-state index in [1.807, 2.05) is 14.1 Å². The van der Waals surface area contributed by atoms with Crippen LogP contribution in [0.15, 0.2) is 11.3 Å². The molecular formula is C17H32IN7S. The van der Waals surface area contributed by atoms with Crippen molar-refractivity contribution in [2.24, 2.45) is 12.0 Å². The first-order valence-corrected chi connectivity index (χ1v) is 10.5. The van der Waals surface area contributed by atoms with Crippen LogP contribution in [0.5, 0.6) is 0 Å². The van der Waals surface area contributed by atoms with Crippen LogP contribution in [-0.4, -0.2) is 69.4 Å². The highest BCUT2D eigenvalue weighted by atomic mass is 127. The first kappa shape index (κ1) is 21.7. The van der Waals surface area contributed by atoms with E-state index in [-0.39, 0.29) is 24.0 Å². The molecule has 148 valence electrons. The smallest absolute Gasteiger partial charge is 0.191 e. The van der Waals surface area contributed by atoms with Crippen LogP contribution < -0.4 is 10.6 Å². The minimum atomic E-state index is 0. The maximum absolute atomic E-state index is 4.39. The van der Waals surface area contributed by atoms with Crippen LogP contribution in [0.25, 0.3) is 0 Å². The van der Waals surface area contributed by atoms with Crippen LogP contribution in [0.2, 0.25) is 0 Å². The zero-order valence-electron chi connectivity index (χ0n) is 15.9. The maximum atomic E-state index is 4.39. The van der Waals surface area contributed by atoms with Gasteiger partial charge in [0, 0.05) is 50.8 Å². The fraction of sp³-hybridized carbons (Fsp3) is 0.824. The van der Waals surface area contributed by atoms with Crippen molar-refractivity contribution in [1.29, 1.82) is 0 Å². The Balaban J connectivity index is 0.00000243. The lowest BCUT2D eigenvalue weighted by Crippen LogP contribution is -2.59. The van der Waals surface area contributed by atoms with Gasteiger partial charge in [0.1, 0.15) is 12.2 Å². The van der Waals surface area contributed by atoms with E-state index < -0.39 is 0 Å². The SMILES string of the molecule is CN=C(NCc1ncnn1C)NCC1(N2CCSCC2)CCCCC1.I. The lowest BCUT2D eigenvalue weighted by molar-refractivity contribution is 0.0626. The average molecular weight is 493 g/mol. The number of rotatable bonds is 5. The van der Waals surface area contributed by atoms with Crippen LogP contribution in [0.3, 0.4) is 0 Å². The second-order valence-corrected chi connectivity index (χ2v) is 8.19. The summed E-state index contributed by atoms with van der Waals surface area (Å²) in [5.74, 6) is 4.28. The van der Waals surface area contributed by atoms with E-state index >= 15 is 0 Å². The molecule has 2 fully saturated rings. The van der Waals surface area contributed by atoms with E-state index in [9.17, 15) is 0 Å². The third kappa shape index (κ3) is 5.48. The van der Waals surface area contributed by atoms with Crippen LogP contribution >= 0.6 is 35.7 Å². The summed E-state index contributed by atoms with van der Waals surface area (Å²) in [6, 6.07) is 0. The molecule has 1 aromatic heterocycles. The Hall–Kier alpha value is -0.550. The van der Waals surface area contributed by atoms with E-state index in [1.165, 1.54) is 56.7 Å². The van der Waals surface area contributed by atoms with Gasteiger partial charge in [0.15, 0.2) is 5.96 Å². The molecular weight excluding hydrogens is 461 g/mol. The van der Waals surface area contributed by atoms with Crippen molar-refractivity contribution in [3.8, 4) is 0 Å². The molecule has 1 aromatic rings. The van der Waals surface area contributed by atoms with E-state index in [2.05, 4.69) is 42.4 Å². The Morgan fingerprint density at radius 1 is 1.23 bits per heavy atom. The van der Waals surface area contributed by atoms with Crippen molar-refractivity contribution < 1.29 is 0 Å². The molecule has 2 aliphatic rings. The molecule has 1 aliphatic heterocycles. The number of aryl methyl sites for hydroxylation is 1. The van der Waals surface area contributed by atoms with Crippen LogP contribution in [0.4, 0.5) is 0 Å². The summed E-state index contributed by atoms with van der Waals surface area (Å²) in [4.78, 5) is 11.4. The average Bonchev–Trinajstić information content (AvgIpc) is 3.08. The fourth-order valence-corrected chi connectivity index (χ4v) is 4.87. The molecule has 3 rings (SSSR count). The van der Waals surface area contributed by atoms with Gasteiger partial charge in [-0.05, 0) is 12.8 Å². The quantitative estimate of drug-likeness (QED) is 0.371. The Morgan fingerprint density at radius 3 is 2.58 bits per heavy atom. The second-order valence-electron chi connectivity index (χ2n) is 6.96. The van der Waals surface area contributed by atoms with Crippen LogP contribution in [0.1, 0.15) is 37.9 Å². The van der Waals surface area contributed by atoms with E-state index in [4.69, 9.17) is 0 Å². The summed E-state index contributed by atoms with van der Waals surface area (Å²) < 4.78 is 1.79. The molecule has 1 aliphatic carbocycles. The number of aliphatic imine (C=N–C) groups is 1. The lowest BCUT2D eigenvalue weighted by atomic mass is 9.80. The van der Waals surface area contributed by atoms with E-state index in [0.29, 0.717) is 12.1 Å². The highest BCUT2D eigenvalue weighted by Gasteiger charge is 2.38. The molecule has 0 radical (unpaired) electrons. The number of hydrogen-bond donors (Lipinski definition) is 2. The molecule has 0 spiro atoms. The predicted octanol–water partition coefficient (Wildman–Crippen LogP) is 1.85. The Labute approximate surface area is 178 Å². The van der Waals surface area contributed by atoms with Gasteiger partial charge in [-0.3, -0.25) is 14.6 Å². The topological polar surface area (TPSA) is 70.4 Å². The molecule has 0 unspecified atom stereocenters. The molecule has 7 nitrogen and oxygen atoms in total. The zero-order chi connectivity index (χ0) is 17.5. The summed E-state index contributed by atoms with van der Waals surface area (Å²) in [6.45, 7) is 4.04. The van der Waals surface area contributed by atoms with Gasteiger partial charge >= 0.3 is 0 Å². The molecule has 9 heteroatoms. The standard InChI is InChI=1S/C17H31N7S.HI/c1-18-16(19-12-15-21-14-22-23(15)2)20-13-17(6-4-3-5-7-17)24-8-10-25-11-9-24;/h14H,3-13H2,1-2H3,(H2,18,19,20);1H. The number of thioether (sulfide) groups is 1. The highest BCUT2D eigenvalue weighted by Crippen LogP contribution is 2.34. The second kappa shape index (κ2) is 10.7. The predicted molar refractivity (Wildman–Crippen MR) is 119 cm³/mol. The van der Waals surface area contributed by atoms with Crippen molar-refractivity contribution in [1.82, 2.24) is 30.3 Å². The van der Waals surface area contributed by atoms with E-state index in [0.717, 1.165) is 18.3 Å². The van der Waals surface area contributed by atoms with E-state index in [1.54, 1.807) is 11.0 Å². The largest absolute Gasteiger partial charge is 0.355 e. The number of nitrogens with zero attached hydrogens (tertiary/aromatic N) is 5. The third-order valence-corrected chi connectivity index (χ3v) is 6.44. The maximum Gasteiger partial charge on any atom is 0.191 e. The lowest BCUT2D eigenvalue weighted by Gasteiger charge is -2.48. The number of hydrogen-bond acceptors (Lipinski definition) is 5. The minimum absolute atomic E-state index is 0. The molecule has 26 heavy (non-hydrogen) atoms. The number of nitrogens with one attached hydrogen (secondary N) is 2. The summed E-state index contributed by atoms with van der Waals surface area (Å²) >= 11 is 2.08. The minimum Gasteiger partial charge on any atom is -0.355 e. The molecule has 1 saturated heterocycles. The summed E-state index contributed by atoms with van der Waals surface area (Å²) in [5, 5.41) is 11.1. The molecule has 2 heterocycles. The van der Waals surface area contributed by atoms with Crippen molar-refractivity contribution in [3.05, 3.63) is 12.2 Å². The van der Waals surface area contributed by atoms with Gasteiger partial charge in [-0.1, -0.05) is 19.3 Å². The Morgan fingerprint density at radius 2 is 1.96 bits per heavy atom. The molecule has 0 aromatic carbocycles. The Kier molecular flexibility index (Phi) is 8.95. The van der Waals surface area contributed by atoms with Gasteiger partial charge in [-0.2, -0.15) is 16.9 Å². The molecule has 1 saturated carbocycles. The monoisotopic (exact) mass is 493 g/mol. The number of halogens is 1. The number of aromatic nitrogens is 3. The highest BCUT2D eigenvalue weighted by molar-refractivity contribution is 14.0.